The van der Waals surface area contributed by atoms with Crippen LogP contribution in [0, 0.1) is 19.7 Å². The summed E-state index contributed by atoms with van der Waals surface area (Å²) < 4.78 is 14.4. The lowest BCUT2D eigenvalue weighted by molar-refractivity contribution is 0.0696. The third kappa shape index (κ3) is 3.88. The fourth-order valence-corrected chi connectivity index (χ4v) is 3.58. The van der Waals surface area contributed by atoms with Crippen LogP contribution in [0.1, 0.15) is 31.8 Å². The van der Waals surface area contributed by atoms with Crippen LogP contribution in [0.5, 0.6) is 0 Å². The second-order valence-electron chi connectivity index (χ2n) is 7.30. The number of amides is 1. The molecule has 0 saturated carbocycles. The third-order valence-corrected chi connectivity index (χ3v) is 5.12. The van der Waals surface area contributed by atoms with Gasteiger partial charge in [-0.3, -0.25) is 4.79 Å². The molecular formula is C25H19FN2O3. The van der Waals surface area contributed by atoms with Crippen LogP contribution in [0.15, 0.2) is 66.7 Å². The number of halogens is 1. The van der Waals surface area contributed by atoms with Crippen molar-refractivity contribution in [1.82, 2.24) is 4.98 Å². The van der Waals surface area contributed by atoms with Crippen LogP contribution in [0.25, 0.3) is 22.2 Å². The number of hydrogen-bond donors (Lipinski definition) is 2. The Morgan fingerprint density at radius 1 is 0.968 bits per heavy atom. The van der Waals surface area contributed by atoms with Gasteiger partial charge in [-0.2, -0.15) is 0 Å². The number of hydrogen-bond acceptors (Lipinski definition) is 3. The first kappa shape index (κ1) is 20.2. The van der Waals surface area contributed by atoms with Crippen LogP contribution >= 0.6 is 0 Å². The van der Waals surface area contributed by atoms with Crippen molar-refractivity contribution in [3.8, 4) is 11.3 Å². The zero-order valence-corrected chi connectivity index (χ0v) is 16.9. The average Bonchev–Trinajstić information content (AvgIpc) is 2.75. The van der Waals surface area contributed by atoms with Crippen LogP contribution in [-0.4, -0.2) is 22.0 Å². The van der Waals surface area contributed by atoms with E-state index in [4.69, 9.17) is 10.1 Å². The Labute approximate surface area is 178 Å². The third-order valence-electron chi connectivity index (χ3n) is 5.12. The zero-order valence-electron chi connectivity index (χ0n) is 16.9. The van der Waals surface area contributed by atoms with Gasteiger partial charge in [0.2, 0.25) is 0 Å². The van der Waals surface area contributed by atoms with Crippen molar-refractivity contribution < 1.29 is 19.1 Å². The summed E-state index contributed by atoms with van der Waals surface area (Å²) in [6.45, 7) is 3.74. The maximum atomic E-state index is 14.4. The highest BCUT2D eigenvalue weighted by atomic mass is 19.1. The van der Waals surface area contributed by atoms with Gasteiger partial charge in [-0.1, -0.05) is 42.0 Å². The fraction of sp³-hybridized carbons (Fsp3) is 0.0800. The number of nitrogens with zero attached hydrogens (tertiary/aromatic N) is 1. The first-order chi connectivity index (χ1) is 14.8. The number of rotatable bonds is 4. The highest BCUT2D eigenvalue weighted by molar-refractivity contribution is 6.14. The molecular weight excluding hydrogens is 395 g/mol. The molecule has 0 fully saturated rings. The molecule has 154 valence electrons. The van der Waals surface area contributed by atoms with Gasteiger partial charge in [0.15, 0.2) is 0 Å². The van der Waals surface area contributed by atoms with Gasteiger partial charge in [0.1, 0.15) is 5.82 Å². The Morgan fingerprint density at radius 3 is 2.39 bits per heavy atom. The topological polar surface area (TPSA) is 79.3 Å². The largest absolute Gasteiger partial charge is 0.478 e. The van der Waals surface area contributed by atoms with E-state index in [2.05, 4.69) is 5.32 Å². The van der Waals surface area contributed by atoms with Gasteiger partial charge in [0, 0.05) is 10.9 Å². The number of fused-ring (bicyclic) bond motifs is 1. The van der Waals surface area contributed by atoms with E-state index in [9.17, 15) is 14.0 Å². The highest BCUT2D eigenvalue weighted by Gasteiger charge is 2.20. The number of carboxylic acid groups (broad SMARTS) is 1. The predicted molar refractivity (Wildman–Crippen MR) is 118 cm³/mol. The first-order valence-electron chi connectivity index (χ1n) is 9.65. The number of carbonyl (C=O) groups excluding carboxylic acids is 1. The van der Waals surface area contributed by atoms with E-state index in [1.54, 1.807) is 0 Å². The van der Waals surface area contributed by atoms with Gasteiger partial charge in [-0.25, -0.2) is 14.2 Å². The summed E-state index contributed by atoms with van der Waals surface area (Å²) in [6.07, 6.45) is 0. The van der Waals surface area contributed by atoms with E-state index in [1.165, 1.54) is 12.1 Å². The minimum atomic E-state index is -1.24. The Bertz CT molecular complexity index is 1330. The Morgan fingerprint density at radius 2 is 1.71 bits per heavy atom. The number of nitrogens with one attached hydrogen (secondary N) is 1. The van der Waals surface area contributed by atoms with Gasteiger partial charge in [-0.15, -0.1) is 0 Å². The molecule has 4 rings (SSSR count). The molecule has 31 heavy (non-hydrogen) atoms. The number of anilines is 1. The Hall–Kier alpha value is -4.06. The van der Waals surface area contributed by atoms with Crippen molar-refractivity contribution in [2.75, 3.05) is 5.32 Å². The molecule has 2 N–H and O–H groups in total. The maximum absolute atomic E-state index is 14.4. The molecule has 6 heteroatoms. The molecule has 0 aliphatic heterocycles. The smallest absolute Gasteiger partial charge is 0.335 e. The summed E-state index contributed by atoms with van der Waals surface area (Å²) in [4.78, 5) is 29.1. The minimum absolute atomic E-state index is 0.0896. The molecule has 0 atom stereocenters. The van der Waals surface area contributed by atoms with Crippen molar-refractivity contribution in [2.45, 2.75) is 13.8 Å². The number of aryl methyl sites for hydroxylation is 1. The molecule has 0 bridgehead atoms. The molecule has 4 aromatic rings. The fourth-order valence-electron chi connectivity index (χ4n) is 3.58. The summed E-state index contributed by atoms with van der Waals surface area (Å²) in [5.41, 5.74) is 3.95. The molecule has 1 aromatic heterocycles. The average molecular weight is 414 g/mol. The number of pyridine rings is 1. The monoisotopic (exact) mass is 414 g/mol. The Kier molecular flexibility index (Phi) is 5.21. The van der Waals surface area contributed by atoms with Crippen LogP contribution < -0.4 is 5.32 Å². The highest BCUT2D eigenvalue weighted by Crippen LogP contribution is 2.31. The van der Waals surface area contributed by atoms with Crippen molar-refractivity contribution in [3.63, 3.8) is 0 Å². The van der Waals surface area contributed by atoms with Crippen LogP contribution in [0.2, 0.25) is 0 Å². The lowest BCUT2D eigenvalue weighted by Crippen LogP contribution is -2.16. The molecule has 3 aromatic carbocycles. The molecule has 0 radical (unpaired) electrons. The van der Waals surface area contributed by atoms with E-state index in [0.29, 0.717) is 27.7 Å². The van der Waals surface area contributed by atoms with E-state index in [1.807, 2.05) is 62.4 Å². The summed E-state index contributed by atoms with van der Waals surface area (Å²) in [5, 5.41) is 12.3. The summed E-state index contributed by atoms with van der Waals surface area (Å²) in [6, 6.07) is 18.6. The second-order valence-corrected chi connectivity index (χ2v) is 7.30. The molecule has 1 amide bonds. The maximum Gasteiger partial charge on any atom is 0.335 e. The number of aromatic nitrogens is 1. The summed E-state index contributed by atoms with van der Waals surface area (Å²) in [7, 11) is 0. The number of carboxylic acids is 1. The molecule has 1 heterocycles. The molecule has 0 aliphatic rings. The van der Waals surface area contributed by atoms with Gasteiger partial charge in [0.25, 0.3) is 5.91 Å². The first-order valence-corrected chi connectivity index (χ1v) is 9.65. The van der Waals surface area contributed by atoms with Crippen LogP contribution in [0.3, 0.4) is 0 Å². The van der Waals surface area contributed by atoms with Crippen molar-refractivity contribution in [1.29, 1.82) is 0 Å². The number of carbonyl (C=O) groups is 2. The molecule has 0 unspecified atom stereocenters. The normalized spacial score (nSPS) is 10.8. The zero-order chi connectivity index (χ0) is 22.1. The molecule has 0 aliphatic carbocycles. The van der Waals surface area contributed by atoms with E-state index >= 15 is 0 Å². The van der Waals surface area contributed by atoms with E-state index in [-0.39, 0.29) is 11.3 Å². The molecule has 5 nitrogen and oxygen atoms in total. The number of aromatic carboxylic acids is 1. The van der Waals surface area contributed by atoms with Crippen LogP contribution in [0.4, 0.5) is 10.1 Å². The SMILES string of the molecule is Cc1ccc2nc(-c3ccccc3)c(C)c(C(=O)Nc3ccc(C(=O)O)cc3F)c2c1. The standard InChI is InChI=1S/C25H19FN2O3/c1-14-8-10-20-18(12-14)22(15(2)23(27-20)16-6-4-3-5-7-16)24(29)28-21-11-9-17(25(30)31)13-19(21)26/h3-13H,1-2H3,(H,28,29)(H,30,31). The molecule has 0 saturated heterocycles. The number of benzene rings is 3. The quantitative estimate of drug-likeness (QED) is 0.455. The van der Waals surface area contributed by atoms with Gasteiger partial charge >= 0.3 is 5.97 Å². The summed E-state index contributed by atoms with van der Waals surface area (Å²) >= 11 is 0. The van der Waals surface area contributed by atoms with E-state index < -0.39 is 17.7 Å². The predicted octanol–water partition coefficient (Wildman–Crippen LogP) is 5.61. The summed E-state index contributed by atoms with van der Waals surface area (Å²) in [5.74, 6) is -2.55. The van der Waals surface area contributed by atoms with Gasteiger partial charge < -0.3 is 10.4 Å². The van der Waals surface area contributed by atoms with Crippen LogP contribution in [-0.2, 0) is 0 Å². The van der Waals surface area contributed by atoms with E-state index in [0.717, 1.165) is 17.2 Å². The lowest BCUT2D eigenvalue weighted by atomic mass is 9.96. The lowest BCUT2D eigenvalue weighted by Gasteiger charge is -2.15. The van der Waals surface area contributed by atoms with Gasteiger partial charge in [-0.05, 0) is 49.7 Å². The van der Waals surface area contributed by atoms with Crippen molar-refractivity contribution in [3.05, 3.63) is 94.8 Å². The second kappa shape index (κ2) is 7.99. The van der Waals surface area contributed by atoms with Gasteiger partial charge in [0.05, 0.1) is 28.0 Å². The Balaban J connectivity index is 1.85. The molecule has 0 spiro atoms. The minimum Gasteiger partial charge on any atom is -0.478 e. The van der Waals surface area contributed by atoms with Crippen molar-refractivity contribution >= 4 is 28.5 Å². The van der Waals surface area contributed by atoms with Crippen molar-refractivity contribution in [2.24, 2.45) is 0 Å².